The number of carbonyl (C=O) groups is 1. The number of carbonyl (C=O) groups excluding carboxylic acids is 1. The van der Waals surface area contributed by atoms with Gasteiger partial charge in [0, 0.05) is 20.6 Å². The maximum absolute atomic E-state index is 11.1. The normalized spacial score (nSPS) is 9.91. The van der Waals surface area contributed by atoms with Crippen molar-refractivity contribution in [2.75, 3.05) is 27.2 Å². The molecule has 4 heteroatoms. The van der Waals surface area contributed by atoms with Crippen LogP contribution in [0.15, 0.2) is 0 Å². The quantitative estimate of drug-likeness (QED) is 0.576. The molecule has 0 aliphatic carbocycles. The van der Waals surface area contributed by atoms with E-state index in [-0.39, 0.29) is 6.09 Å². The van der Waals surface area contributed by atoms with Gasteiger partial charge in [-0.3, -0.25) is 0 Å². The van der Waals surface area contributed by atoms with Crippen LogP contribution in [0.25, 0.3) is 0 Å². The van der Waals surface area contributed by atoms with E-state index < -0.39 is 0 Å². The SMILES string of the molecule is CCOC(=O)N(CC)N(C)C. The summed E-state index contributed by atoms with van der Waals surface area (Å²) >= 11 is 0. The molecule has 66 valence electrons. The first-order valence-electron chi connectivity index (χ1n) is 3.75. The van der Waals surface area contributed by atoms with Crippen molar-refractivity contribution in [1.29, 1.82) is 0 Å². The molecule has 1 amide bonds. The summed E-state index contributed by atoms with van der Waals surface area (Å²) in [4.78, 5) is 11.1. The summed E-state index contributed by atoms with van der Waals surface area (Å²) in [5.41, 5.74) is 0. The molecule has 0 saturated carbocycles. The zero-order valence-electron chi connectivity index (χ0n) is 7.63. The molecular weight excluding hydrogens is 144 g/mol. The maximum atomic E-state index is 11.1. The van der Waals surface area contributed by atoms with Crippen LogP contribution in [-0.2, 0) is 4.74 Å². The summed E-state index contributed by atoms with van der Waals surface area (Å²) in [5, 5.41) is 3.22. The monoisotopic (exact) mass is 160 g/mol. The van der Waals surface area contributed by atoms with Crippen molar-refractivity contribution in [3.63, 3.8) is 0 Å². The molecule has 0 radical (unpaired) electrons. The van der Waals surface area contributed by atoms with Crippen LogP contribution in [-0.4, -0.2) is 43.4 Å². The third-order valence-electron chi connectivity index (χ3n) is 1.26. The molecule has 0 heterocycles. The van der Waals surface area contributed by atoms with Crippen molar-refractivity contribution in [3.8, 4) is 0 Å². The van der Waals surface area contributed by atoms with Crippen LogP contribution in [0.5, 0.6) is 0 Å². The van der Waals surface area contributed by atoms with Crippen LogP contribution in [0, 0.1) is 0 Å². The van der Waals surface area contributed by atoms with E-state index in [9.17, 15) is 4.79 Å². The predicted molar refractivity (Wildman–Crippen MR) is 43.1 cm³/mol. The zero-order valence-corrected chi connectivity index (χ0v) is 7.63. The standard InChI is InChI=1S/C7H16N2O2/c1-5-9(8(3)4)7(10)11-6-2/h5-6H2,1-4H3. The second-order valence-corrected chi connectivity index (χ2v) is 2.26. The Kier molecular flexibility index (Phi) is 4.61. The van der Waals surface area contributed by atoms with Gasteiger partial charge in [-0.15, -0.1) is 0 Å². The summed E-state index contributed by atoms with van der Waals surface area (Å²) in [6.07, 6.45) is -0.292. The van der Waals surface area contributed by atoms with Crippen LogP contribution in [0.3, 0.4) is 0 Å². The average molecular weight is 160 g/mol. The molecule has 0 N–H and O–H groups in total. The van der Waals surface area contributed by atoms with E-state index in [2.05, 4.69) is 0 Å². The third-order valence-corrected chi connectivity index (χ3v) is 1.26. The highest BCUT2D eigenvalue weighted by Crippen LogP contribution is 1.94. The first-order valence-corrected chi connectivity index (χ1v) is 3.75. The molecule has 0 saturated heterocycles. The second-order valence-electron chi connectivity index (χ2n) is 2.26. The largest absolute Gasteiger partial charge is 0.449 e. The number of hydrazine groups is 1. The van der Waals surface area contributed by atoms with Crippen LogP contribution in [0.2, 0.25) is 0 Å². The van der Waals surface area contributed by atoms with Crippen LogP contribution >= 0.6 is 0 Å². The fourth-order valence-electron chi connectivity index (χ4n) is 0.773. The van der Waals surface area contributed by atoms with Crippen molar-refractivity contribution in [3.05, 3.63) is 0 Å². The molecule has 0 rings (SSSR count). The summed E-state index contributed by atoms with van der Waals surface area (Å²) in [6.45, 7) is 4.74. The molecule has 11 heavy (non-hydrogen) atoms. The van der Waals surface area contributed by atoms with Gasteiger partial charge in [0.2, 0.25) is 0 Å². The third kappa shape index (κ3) is 3.23. The first kappa shape index (κ1) is 10.2. The van der Waals surface area contributed by atoms with Gasteiger partial charge in [-0.1, -0.05) is 0 Å². The minimum Gasteiger partial charge on any atom is -0.449 e. The molecule has 0 aromatic heterocycles. The van der Waals surface area contributed by atoms with Crippen LogP contribution in [0.4, 0.5) is 4.79 Å². The first-order chi connectivity index (χ1) is 5.13. The number of rotatable bonds is 3. The molecule has 0 bridgehead atoms. The van der Waals surface area contributed by atoms with Gasteiger partial charge in [0.1, 0.15) is 0 Å². The summed E-state index contributed by atoms with van der Waals surface area (Å²) in [5.74, 6) is 0. The van der Waals surface area contributed by atoms with E-state index in [1.165, 1.54) is 5.01 Å². The molecule has 4 nitrogen and oxygen atoms in total. The maximum Gasteiger partial charge on any atom is 0.424 e. The summed E-state index contributed by atoms with van der Waals surface area (Å²) in [7, 11) is 3.61. The Labute approximate surface area is 67.7 Å². The Bertz CT molecular complexity index is 126. The number of ether oxygens (including phenoxy) is 1. The van der Waals surface area contributed by atoms with Crippen molar-refractivity contribution in [1.82, 2.24) is 10.0 Å². The van der Waals surface area contributed by atoms with E-state index >= 15 is 0 Å². The van der Waals surface area contributed by atoms with Crippen molar-refractivity contribution in [2.45, 2.75) is 13.8 Å². The van der Waals surface area contributed by atoms with Crippen LogP contribution in [0.1, 0.15) is 13.8 Å². The van der Waals surface area contributed by atoms with E-state index in [0.29, 0.717) is 13.2 Å². The number of hydrogen-bond acceptors (Lipinski definition) is 3. The fraction of sp³-hybridized carbons (Fsp3) is 0.857. The highest BCUT2D eigenvalue weighted by molar-refractivity contribution is 5.66. The van der Waals surface area contributed by atoms with Crippen LogP contribution < -0.4 is 0 Å². The van der Waals surface area contributed by atoms with Crippen molar-refractivity contribution in [2.24, 2.45) is 0 Å². The van der Waals surface area contributed by atoms with Gasteiger partial charge in [-0.05, 0) is 13.8 Å². The zero-order chi connectivity index (χ0) is 8.85. The fourth-order valence-corrected chi connectivity index (χ4v) is 0.773. The van der Waals surface area contributed by atoms with Crippen molar-refractivity contribution >= 4 is 6.09 Å². The second kappa shape index (κ2) is 4.96. The molecule has 0 aliphatic rings. The van der Waals surface area contributed by atoms with Gasteiger partial charge >= 0.3 is 6.09 Å². The predicted octanol–water partition coefficient (Wildman–Crippen LogP) is 0.941. The Morgan fingerprint density at radius 2 is 1.91 bits per heavy atom. The minimum atomic E-state index is -0.292. The number of amides is 1. The van der Waals surface area contributed by atoms with Gasteiger partial charge in [0.25, 0.3) is 0 Å². The Morgan fingerprint density at radius 3 is 2.18 bits per heavy atom. The molecule has 0 unspecified atom stereocenters. The lowest BCUT2D eigenvalue weighted by molar-refractivity contribution is 0.0175. The molecule has 0 aliphatic heterocycles. The van der Waals surface area contributed by atoms with Gasteiger partial charge in [0.05, 0.1) is 6.61 Å². The number of nitrogens with zero attached hydrogens (tertiary/aromatic N) is 2. The highest BCUT2D eigenvalue weighted by atomic mass is 16.6. The Hall–Kier alpha value is -0.770. The van der Waals surface area contributed by atoms with Crippen molar-refractivity contribution < 1.29 is 9.53 Å². The molecule has 0 aromatic rings. The molecule has 0 aromatic carbocycles. The molecule has 0 fully saturated rings. The van der Waals surface area contributed by atoms with Gasteiger partial charge in [-0.25, -0.2) is 14.8 Å². The average Bonchev–Trinajstić information content (AvgIpc) is 1.88. The molecule has 0 atom stereocenters. The highest BCUT2D eigenvalue weighted by Gasteiger charge is 2.13. The summed E-state index contributed by atoms with van der Waals surface area (Å²) in [6, 6.07) is 0. The van der Waals surface area contributed by atoms with Gasteiger partial charge in [0.15, 0.2) is 0 Å². The van der Waals surface area contributed by atoms with E-state index in [1.807, 2.05) is 6.92 Å². The Morgan fingerprint density at radius 1 is 1.36 bits per heavy atom. The van der Waals surface area contributed by atoms with E-state index in [4.69, 9.17) is 4.74 Å². The number of hydrogen-bond donors (Lipinski definition) is 0. The molecule has 0 spiro atoms. The van der Waals surface area contributed by atoms with E-state index in [0.717, 1.165) is 0 Å². The molecular formula is C7H16N2O2. The summed E-state index contributed by atoms with van der Waals surface area (Å²) < 4.78 is 4.80. The van der Waals surface area contributed by atoms with Gasteiger partial charge in [-0.2, -0.15) is 0 Å². The Balaban J connectivity index is 3.92. The van der Waals surface area contributed by atoms with Gasteiger partial charge < -0.3 is 4.74 Å². The lowest BCUT2D eigenvalue weighted by Crippen LogP contribution is -2.41. The topological polar surface area (TPSA) is 32.8 Å². The van der Waals surface area contributed by atoms with E-state index in [1.54, 1.807) is 26.0 Å². The smallest absolute Gasteiger partial charge is 0.424 e. The minimum absolute atomic E-state index is 0.292. The lowest BCUT2D eigenvalue weighted by Gasteiger charge is -2.26. The lowest BCUT2D eigenvalue weighted by atomic mass is 10.7.